The van der Waals surface area contributed by atoms with Crippen LogP contribution in [0.25, 0.3) is 0 Å². The molecular formula is C34H55NO9S. The average Bonchev–Trinajstić information content (AvgIpc) is 3.71. The van der Waals surface area contributed by atoms with Gasteiger partial charge in [0, 0.05) is 11.8 Å². The van der Waals surface area contributed by atoms with Crippen molar-refractivity contribution in [2.24, 2.45) is 58.2 Å². The number of carbonyl (C=O) groups is 4. The van der Waals surface area contributed by atoms with E-state index in [1.54, 1.807) is 52.9 Å². The van der Waals surface area contributed by atoms with Crippen molar-refractivity contribution >= 4 is 33.8 Å². The molecule has 0 aromatic rings. The number of fused-ring (bicyclic) bond motifs is 9. The minimum absolute atomic E-state index is 0.0190. The summed E-state index contributed by atoms with van der Waals surface area (Å²) in [5.41, 5.74) is -3.73. The maximum absolute atomic E-state index is 13.4. The lowest BCUT2D eigenvalue weighted by Gasteiger charge is -2.40. The topological polar surface area (TPSA) is 142 Å². The number of rotatable bonds is 10. The van der Waals surface area contributed by atoms with Crippen molar-refractivity contribution in [2.45, 2.75) is 111 Å². The number of esters is 3. The largest absolute Gasteiger partial charge is 0.469 e. The zero-order valence-corrected chi connectivity index (χ0v) is 29.3. The summed E-state index contributed by atoms with van der Waals surface area (Å²) in [4.78, 5) is 50.0. The van der Waals surface area contributed by atoms with Gasteiger partial charge >= 0.3 is 17.9 Å². The number of cyclic esters (lactones) is 1. The smallest absolute Gasteiger partial charge is 0.312 e. The molecule has 4 aliphatic carbocycles. The van der Waals surface area contributed by atoms with E-state index in [2.05, 4.69) is 6.92 Å². The van der Waals surface area contributed by atoms with Gasteiger partial charge in [-0.25, -0.2) is 8.42 Å². The monoisotopic (exact) mass is 653 g/mol. The Labute approximate surface area is 269 Å². The number of ether oxygens (including phenoxy) is 3. The van der Waals surface area contributed by atoms with Crippen LogP contribution in [0.3, 0.4) is 0 Å². The first-order chi connectivity index (χ1) is 20.8. The fourth-order valence-electron chi connectivity index (χ4n) is 9.85. The predicted octanol–water partition coefficient (Wildman–Crippen LogP) is 5.04. The first kappa shape index (κ1) is 35.7. The Bertz CT molecular complexity index is 1260. The molecule has 4 bridgehead atoms. The van der Waals surface area contributed by atoms with Gasteiger partial charge in [0.05, 0.1) is 37.7 Å². The molecule has 10 unspecified atom stereocenters. The Morgan fingerprint density at radius 3 is 2.29 bits per heavy atom. The van der Waals surface area contributed by atoms with E-state index in [4.69, 9.17) is 14.2 Å². The summed E-state index contributed by atoms with van der Waals surface area (Å²) in [6, 6.07) is 0. The van der Waals surface area contributed by atoms with Crippen LogP contribution in [-0.2, 0) is 43.4 Å². The van der Waals surface area contributed by atoms with Crippen molar-refractivity contribution in [3.63, 3.8) is 0 Å². The van der Waals surface area contributed by atoms with Gasteiger partial charge in [0.2, 0.25) is 15.9 Å². The van der Waals surface area contributed by atoms with Gasteiger partial charge in [-0.15, -0.1) is 0 Å². The lowest BCUT2D eigenvalue weighted by atomic mass is 9.68. The zero-order valence-electron chi connectivity index (χ0n) is 28.5. The summed E-state index contributed by atoms with van der Waals surface area (Å²) in [5, 5.41) is 0. The van der Waals surface area contributed by atoms with Crippen LogP contribution in [-0.4, -0.2) is 57.8 Å². The third-order valence-corrected chi connectivity index (χ3v) is 12.3. The molecule has 10 atom stereocenters. The van der Waals surface area contributed by atoms with Gasteiger partial charge in [0.15, 0.2) is 0 Å². The zero-order chi connectivity index (χ0) is 33.5. The molecule has 1 N–H and O–H groups in total. The molecule has 0 aromatic carbocycles. The summed E-state index contributed by atoms with van der Waals surface area (Å²) in [6.07, 6.45) is 9.42. The van der Waals surface area contributed by atoms with E-state index in [0.717, 1.165) is 12.2 Å². The van der Waals surface area contributed by atoms with Crippen molar-refractivity contribution in [2.75, 3.05) is 20.0 Å². The molecule has 11 heteroatoms. The number of hydrogen-bond donors (Lipinski definition) is 1. The molecule has 5 rings (SSSR count). The Kier molecular flexibility index (Phi) is 10.4. The molecule has 0 aromatic heterocycles. The van der Waals surface area contributed by atoms with Crippen molar-refractivity contribution in [1.82, 2.24) is 4.72 Å². The highest BCUT2D eigenvalue weighted by Gasteiger charge is 2.61. The molecule has 5 fully saturated rings. The second-order valence-corrected chi connectivity index (χ2v) is 17.8. The molecule has 1 saturated heterocycles. The van der Waals surface area contributed by atoms with Crippen molar-refractivity contribution in [3.8, 4) is 0 Å². The van der Waals surface area contributed by atoms with Gasteiger partial charge in [-0.2, -0.15) is 0 Å². The first-order valence-corrected chi connectivity index (χ1v) is 18.7. The summed E-state index contributed by atoms with van der Waals surface area (Å²) in [5.74, 6) is 5.17. The SMILES string of the molecule is CC1CC2CC1C1C3CCC(C3)C21.CCC(CC(C)(CC(C)(C)C(=O)NS(C)(=O)=O)C(=O)OC1(C)CCOC(=O)C1)C(=O)OC. The summed E-state index contributed by atoms with van der Waals surface area (Å²) in [6.45, 7) is 10.6. The van der Waals surface area contributed by atoms with Gasteiger partial charge < -0.3 is 14.2 Å². The highest BCUT2D eigenvalue weighted by atomic mass is 32.2. The Balaban J connectivity index is 0.000000284. The lowest BCUT2D eigenvalue weighted by Crippen LogP contribution is -2.48. The third-order valence-electron chi connectivity index (χ3n) is 11.8. The van der Waals surface area contributed by atoms with E-state index in [9.17, 15) is 27.6 Å². The number of carbonyl (C=O) groups excluding carboxylic acids is 4. The number of nitrogens with one attached hydrogen (secondary N) is 1. The van der Waals surface area contributed by atoms with E-state index in [0.29, 0.717) is 12.8 Å². The number of amides is 1. The van der Waals surface area contributed by atoms with Crippen LogP contribution in [0.15, 0.2) is 0 Å². The van der Waals surface area contributed by atoms with Gasteiger partial charge in [0.25, 0.3) is 0 Å². The molecule has 0 spiro atoms. The molecule has 1 aliphatic heterocycles. The molecule has 1 heterocycles. The third kappa shape index (κ3) is 7.87. The lowest BCUT2D eigenvalue weighted by molar-refractivity contribution is -0.185. The normalized spacial score (nSPS) is 35.3. The van der Waals surface area contributed by atoms with E-state index in [-0.39, 0.29) is 25.9 Å². The second-order valence-electron chi connectivity index (χ2n) is 16.0. The minimum Gasteiger partial charge on any atom is -0.469 e. The number of sulfonamides is 1. The summed E-state index contributed by atoms with van der Waals surface area (Å²) in [7, 11) is -2.56. The van der Waals surface area contributed by atoms with E-state index in [1.165, 1.54) is 56.5 Å². The standard InChI is InChI=1S/C21H35NO9S.C13H20/c1-8-14(16(24)29-6)11-20(4,13-19(2,3)17(25)22-32(7,27)28)18(26)31-21(5)9-10-30-15(23)12-21;1-7-4-10-6-11(7)13-9-3-2-8(5-9)12(10)13/h14H,8-13H2,1-7H3,(H,22,25);7-13H,2-6H2,1H3. The number of hydrogen-bond acceptors (Lipinski definition) is 9. The van der Waals surface area contributed by atoms with Crippen molar-refractivity contribution < 1.29 is 41.8 Å². The molecule has 5 aliphatic rings. The summed E-state index contributed by atoms with van der Waals surface area (Å²) < 4.78 is 40.6. The highest BCUT2D eigenvalue weighted by molar-refractivity contribution is 7.89. The molecule has 4 saturated carbocycles. The molecule has 1 amide bonds. The van der Waals surface area contributed by atoms with Gasteiger partial charge in [-0.1, -0.05) is 27.7 Å². The van der Waals surface area contributed by atoms with Gasteiger partial charge in [0.1, 0.15) is 5.60 Å². The first-order valence-electron chi connectivity index (χ1n) is 16.8. The van der Waals surface area contributed by atoms with Crippen LogP contribution < -0.4 is 4.72 Å². The number of methoxy groups -OCH3 is 1. The fraction of sp³-hybridized carbons (Fsp3) is 0.882. The maximum Gasteiger partial charge on any atom is 0.312 e. The van der Waals surface area contributed by atoms with Crippen molar-refractivity contribution in [3.05, 3.63) is 0 Å². The van der Waals surface area contributed by atoms with E-state index < -0.39 is 56.2 Å². The Morgan fingerprint density at radius 2 is 1.71 bits per heavy atom. The van der Waals surface area contributed by atoms with Crippen LogP contribution >= 0.6 is 0 Å². The Morgan fingerprint density at radius 1 is 1.07 bits per heavy atom. The van der Waals surface area contributed by atoms with E-state index >= 15 is 0 Å². The molecule has 0 radical (unpaired) electrons. The maximum atomic E-state index is 13.4. The summed E-state index contributed by atoms with van der Waals surface area (Å²) >= 11 is 0. The molecule has 256 valence electrons. The highest BCUT2D eigenvalue weighted by Crippen LogP contribution is 2.68. The van der Waals surface area contributed by atoms with Gasteiger partial charge in [-0.3, -0.25) is 23.9 Å². The average molecular weight is 654 g/mol. The van der Waals surface area contributed by atoms with Crippen LogP contribution in [0.5, 0.6) is 0 Å². The molecule has 45 heavy (non-hydrogen) atoms. The quantitative estimate of drug-likeness (QED) is 0.195. The molecule has 10 nitrogen and oxygen atoms in total. The fourth-order valence-corrected chi connectivity index (χ4v) is 10.5. The van der Waals surface area contributed by atoms with Crippen molar-refractivity contribution in [1.29, 1.82) is 0 Å². The second kappa shape index (κ2) is 13.1. The van der Waals surface area contributed by atoms with E-state index in [1.807, 2.05) is 4.72 Å². The van der Waals surface area contributed by atoms with Crippen LogP contribution in [0, 0.1) is 58.2 Å². The van der Waals surface area contributed by atoms with Crippen LogP contribution in [0.2, 0.25) is 0 Å². The minimum atomic E-state index is -3.81. The molecular weight excluding hydrogens is 598 g/mol. The van der Waals surface area contributed by atoms with Crippen LogP contribution in [0.1, 0.15) is 106 Å². The Hall–Kier alpha value is -2.17. The van der Waals surface area contributed by atoms with Crippen LogP contribution in [0.4, 0.5) is 0 Å². The predicted molar refractivity (Wildman–Crippen MR) is 168 cm³/mol. The van der Waals surface area contributed by atoms with Gasteiger partial charge in [-0.05, 0) is 107 Å².